The molecule has 1 atom stereocenters. The maximum atomic E-state index is 13.5. The zero-order valence-corrected chi connectivity index (χ0v) is 11.2. The predicted molar refractivity (Wildman–Crippen MR) is 71.0 cm³/mol. The molecule has 1 aliphatic rings. The molecule has 0 heterocycles. The van der Waals surface area contributed by atoms with Gasteiger partial charge >= 0.3 is 0 Å². The van der Waals surface area contributed by atoms with E-state index in [9.17, 15) is 9.50 Å². The van der Waals surface area contributed by atoms with Crippen LogP contribution in [0.15, 0.2) is 18.2 Å². The Balaban J connectivity index is 1.94. The molecule has 0 saturated heterocycles. The van der Waals surface area contributed by atoms with Crippen LogP contribution in [0, 0.1) is 12.7 Å². The number of rotatable bonds is 4. The predicted octanol–water partition coefficient (Wildman–Crippen LogP) is 3.09. The summed E-state index contributed by atoms with van der Waals surface area (Å²) in [5, 5.41) is 13.6. The first-order chi connectivity index (χ1) is 8.50. The number of aryl methyl sites for hydroxylation is 1. The van der Waals surface area contributed by atoms with Crippen LogP contribution >= 0.6 is 0 Å². The highest BCUT2D eigenvalue weighted by Crippen LogP contribution is 2.29. The maximum absolute atomic E-state index is 13.5. The summed E-state index contributed by atoms with van der Waals surface area (Å²) in [6.45, 7) is 4.35. The van der Waals surface area contributed by atoms with Gasteiger partial charge in [0.2, 0.25) is 0 Å². The minimum Gasteiger partial charge on any atom is -0.389 e. The Labute approximate surface area is 108 Å². The van der Waals surface area contributed by atoms with Crippen LogP contribution in [0.25, 0.3) is 0 Å². The Hall–Kier alpha value is -0.930. The van der Waals surface area contributed by atoms with Gasteiger partial charge in [-0.2, -0.15) is 0 Å². The van der Waals surface area contributed by atoms with Crippen molar-refractivity contribution in [2.75, 3.05) is 6.54 Å². The van der Waals surface area contributed by atoms with Gasteiger partial charge in [0.05, 0.1) is 5.60 Å². The van der Waals surface area contributed by atoms with Gasteiger partial charge in [-0.15, -0.1) is 0 Å². The SMILES string of the molecule is Cc1ccc(C(C)NCC2(O)CCCC2)cc1F. The van der Waals surface area contributed by atoms with Gasteiger partial charge in [-0.25, -0.2) is 4.39 Å². The molecule has 1 fully saturated rings. The molecule has 0 spiro atoms. The van der Waals surface area contributed by atoms with E-state index in [-0.39, 0.29) is 11.9 Å². The number of hydrogen-bond donors (Lipinski definition) is 2. The van der Waals surface area contributed by atoms with E-state index in [1.54, 1.807) is 19.1 Å². The molecule has 0 bridgehead atoms. The zero-order valence-electron chi connectivity index (χ0n) is 11.2. The second-order valence-electron chi connectivity index (χ2n) is 5.54. The van der Waals surface area contributed by atoms with Crippen molar-refractivity contribution in [3.63, 3.8) is 0 Å². The molecule has 0 aliphatic heterocycles. The summed E-state index contributed by atoms with van der Waals surface area (Å²) in [4.78, 5) is 0. The molecule has 1 saturated carbocycles. The Bertz CT molecular complexity index is 413. The number of aliphatic hydroxyl groups is 1. The first-order valence-electron chi connectivity index (χ1n) is 6.72. The molecule has 2 N–H and O–H groups in total. The number of hydrogen-bond acceptors (Lipinski definition) is 2. The molecule has 2 rings (SSSR count). The largest absolute Gasteiger partial charge is 0.389 e. The highest BCUT2D eigenvalue weighted by Gasteiger charge is 2.31. The number of benzene rings is 1. The summed E-state index contributed by atoms with van der Waals surface area (Å²) < 4.78 is 13.5. The van der Waals surface area contributed by atoms with Crippen molar-refractivity contribution in [1.29, 1.82) is 0 Å². The van der Waals surface area contributed by atoms with E-state index < -0.39 is 5.60 Å². The molecule has 0 amide bonds. The van der Waals surface area contributed by atoms with E-state index in [1.807, 2.05) is 13.0 Å². The highest BCUT2D eigenvalue weighted by atomic mass is 19.1. The minimum absolute atomic E-state index is 0.0599. The average Bonchev–Trinajstić information content (AvgIpc) is 2.77. The van der Waals surface area contributed by atoms with Crippen molar-refractivity contribution in [3.05, 3.63) is 35.1 Å². The monoisotopic (exact) mass is 251 g/mol. The first kappa shape index (κ1) is 13.5. The minimum atomic E-state index is -0.558. The van der Waals surface area contributed by atoms with Crippen LogP contribution in [-0.2, 0) is 0 Å². The highest BCUT2D eigenvalue weighted by molar-refractivity contribution is 5.25. The van der Waals surface area contributed by atoms with E-state index >= 15 is 0 Å². The lowest BCUT2D eigenvalue weighted by atomic mass is 10.0. The first-order valence-corrected chi connectivity index (χ1v) is 6.72. The van der Waals surface area contributed by atoms with Gasteiger partial charge in [-0.05, 0) is 43.9 Å². The van der Waals surface area contributed by atoms with Crippen LogP contribution in [0.5, 0.6) is 0 Å². The van der Waals surface area contributed by atoms with E-state index in [4.69, 9.17) is 0 Å². The third-order valence-corrected chi connectivity index (χ3v) is 3.97. The molecule has 1 aromatic carbocycles. The molecule has 2 nitrogen and oxygen atoms in total. The van der Waals surface area contributed by atoms with Gasteiger partial charge in [0.25, 0.3) is 0 Å². The normalized spacial score (nSPS) is 20.0. The van der Waals surface area contributed by atoms with E-state index in [0.717, 1.165) is 31.2 Å². The van der Waals surface area contributed by atoms with Crippen LogP contribution in [0.1, 0.15) is 49.8 Å². The Morgan fingerprint density at radius 3 is 2.67 bits per heavy atom. The van der Waals surface area contributed by atoms with Crippen LogP contribution in [-0.4, -0.2) is 17.3 Å². The second-order valence-corrected chi connectivity index (χ2v) is 5.54. The van der Waals surface area contributed by atoms with Gasteiger partial charge in [0.1, 0.15) is 5.82 Å². The third-order valence-electron chi connectivity index (χ3n) is 3.97. The smallest absolute Gasteiger partial charge is 0.126 e. The maximum Gasteiger partial charge on any atom is 0.126 e. The van der Waals surface area contributed by atoms with Crippen molar-refractivity contribution in [2.24, 2.45) is 0 Å². The zero-order chi connectivity index (χ0) is 13.2. The van der Waals surface area contributed by atoms with Crippen molar-refractivity contribution >= 4 is 0 Å². The molecule has 3 heteroatoms. The molecular formula is C15H22FNO. The summed E-state index contributed by atoms with van der Waals surface area (Å²) in [5.74, 6) is -0.166. The molecular weight excluding hydrogens is 229 g/mol. The van der Waals surface area contributed by atoms with Gasteiger partial charge in [0.15, 0.2) is 0 Å². The second kappa shape index (κ2) is 5.37. The lowest BCUT2D eigenvalue weighted by Gasteiger charge is -2.25. The molecule has 0 aromatic heterocycles. The van der Waals surface area contributed by atoms with Crippen LogP contribution in [0.2, 0.25) is 0 Å². The van der Waals surface area contributed by atoms with Gasteiger partial charge in [-0.3, -0.25) is 0 Å². The van der Waals surface area contributed by atoms with E-state index in [2.05, 4.69) is 5.32 Å². The summed E-state index contributed by atoms with van der Waals surface area (Å²) in [6.07, 6.45) is 3.95. The van der Waals surface area contributed by atoms with Crippen molar-refractivity contribution in [2.45, 2.75) is 51.2 Å². The molecule has 0 radical (unpaired) electrons. The Kier molecular flexibility index (Phi) is 4.03. The fourth-order valence-corrected chi connectivity index (χ4v) is 2.55. The quantitative estimate of drug-likeness (QED) is 0.862. The van der Waals surface area contributed by atoms with Gasteiger partial charge < -0.3 is 10.4 Å². The van der Waals surface area contributed by atoms with Crippen molar-refractivity contribution in [1.82, 2.24) is 5.32 Å². The van der Waals surface area contributed by atoms with Crippen molar-refractivity contribution in [3.8, 4) is 0 Å². The van der Waals surface area contributed by atoms with Crippen LogP contribution in [0.4, 0.5) is 4.39 Å². The van der Waals surface area contributed by atoms with Crippen molar-refractivity contribution < 1.29 is 9.50 Å². The lowest BCUT2D eigenvalue weighted by Crippen LogP contribution is -2.39. The van der Waals surface area contributed by atoms with E-state index in [1.165, 1.54) is 0 Å². The molecule has 1 aromatic rings. The van der Waals surface area contributed by atoms with Gasteiger partial charge in [-0.1, -0.05) is 25.0 Å². The van der Waals surface area contributed by atoms with Crippen LogP contribution in [0.3, 0.4) is 0 Å². The fraction of sp³-hybridized carbons (Fsp3) is 0.600. The molecule has 1 aliphatic carbocycles. The molecule has 1 unspecified atom stereocenters. The van der Waals surface area contributed by atoms with Gasteiger partial charge in [0, 0.05) is 12.6 Å². The Morgan fingerprint density at radius 1 is 1.39 bits per heavy atom. The Morgan fingerprint density at radius 2 is 2.06 bits per heavy atom. The number of nitrogens with one attached hydrogen (secondary N) is 1. The summed E-state index contributed by atoms with van der Waals surface area (Å²) >= 11 is 0. The molecule has 18 heavy (non-hydrogen) atoms. The molecule has 100 valence electrons. The summed E-state index contributed by atoms with van der Waals surface area (Å²) in [6, 6.07) is 5.37. The number of halogens is 1. The van der Waals surface area contributed by atoms with E-state index in [0.29, 0.717) is 12.1 Å². The lowest BCUT2D eigenvalue weighted by molar-refractivity contribution is 0.0453. The summed E-state index contributed by atoms with van der Waals surface area (Å²) in [5.41, 5.74) is 1.04. The van der Waals surface area contributed by atoms with Crippen LogP contribution < -0.4 is 5.32 Å². The summed E-state index contributed by atoms with van der Waals surface area (Å²) in [7, 11) is 0. The third kappa shape index (κ3) is 3.09. The fourth-order valence-electron chi connectivity index (χ4n) is 2.55. The average molecular weight is 251 g/mol. The standard InChI is InChI=1S/C15H22FNO/c1-11-5-6-13(9-14(11)16)12(2)17-10-15(18)7-3-4-8-15/h5-6,9,12,17-18H,3-4,7-8,10H2,1-2H3. The topological polar surface area (TPSA) is 32.3 Å².